The number of carbonyl (C=O) groups is 2. The monoisotopic (exact) mass is 327 g/mol. The molecule has 24 heavy (non-hydrogen) atoms. The number of primary amides is 1. The molecule has 0 aromatic heterocycles. The van der Waals surface area contributed by atoms with E-state index >= 15 is 0 Å². The zero-order valence-corrected chi connectivity index (χ0v) is 13.5. The van der Waals surface area contributed by atoms with Crippen LogP contribution in [0.15, 0.2) is 54.6 Å². The van der Waals surface area contributed by atoms with E-state index in [1.807, 2.05) is 54.6 Å². The molecule has 3 amide bonds. The molecule has 0 spiro atoms. The molecule has 0 heterocycles. The highest BCUT2D eigenvalue weighted by Gasteiger charge is 2.16. The van der Waals surface area contributed by atoms with Crippen LogP contribution in [0.1, 0.15) is 23.6 Å². The Balaban J connectivity index is 2.14. The molecule has 0 aliphatic carbocycles. The Labute approximate surface area is 141 Å². The maximum Gasteiger partial charge on any atom is 0.312 e. The number of nitrogens with one attached hydrogen (secondary N) is 2. The Morgan fingerprint density at radius 1 is 1.04 bits per heavy atom. The van der Waals surface area contributed by atoms with Crippen LogP contribution >= 0.6 is 0 Å². The van der Waals surface area contributed by atoms with Crippen LogP contribution < -0.4 is 21.1 Å². The normalized spacial score (nSPS) is 11.4. The molecule has 0 radical (unpaired) electrons. The molecule has 6 heteroatoms. The minimum atomic E-state index is -0.641. The maximum absolute atomic E-state index is 12.2. The molecule has 0 aliphatic rings. The molecule has 0 aliphatic heterocycles. The van der Waals surface area contributed by atoms with Crippen molar-refractivity contribution in [2.45, 2.75) is 12.5 Å². The van der Waals surface area contributed by atoms with Crippen LogP contribution in [0.25, 0.3) is 0 Å². The lowest BCUT2D eigenvalue weighted by molar-refractivity contribution is -0.121. The Bertz CT molecular complexity index is 672. The van der Waals surface area contributed by atoms with Gasteiger partial charge in [-0.05, 0) is 23.3 Å². The van der Waals surface area contributed by atoms with Gasteiger partial charge >= 0.3 is 6.03 Å². The van der Waals surface area contributed by atoms with E-state index in [4.69, 9.17) is 10.5 Å². The first-order chi connectivity index (χ1) is 11.6. The van der Waals surface area contributed by atoms with Crippen molar-refractivity contribution in [3.63, 3.8) is 0 Å². The Morgan fingerprint density at radius 3 is 2.25 bits per heavy atom. The van der Waals surface area contributed by atoms with Crippen LogP contribution in [0.2, 0.25) is 0 Å². The van der Waals surface area contributed by atoms with Crippen LogP contribution in [0, 0.1) is 0 Å². The van der Waals surface area contributed by atoms with Crippen LogP contribution in [0.4, 0.5) is 4.79 Å². The highest BCUT2D eigenvalue weighted by atomic mass is 16.5. The summed E-state index contributed by atoms with van der Waals surface area (Å²) in [4.78, 5) is 22.9. The van der Waals surface area contributed by atoms with Gasteiger partial charge in [0.05, 0.1) is 13.2 Å². The predicted molar refractivity (Wildman–Crippen MR) is 91.6 cm³/mol. The summed E-state index contributed by atoms with van der Waals surface area (Å²) < 4.78 is 5.17. The Morgan fingerprint density at radius 2 is 1.67 bits per heavy atom. The molecule has 4 N–H and O–H groups in total. The van der Waals surface area contributed by atoms with Crippen molar-refractivity contribution < 1.29 is 14.3 Å². The first-order valence-corrected chi connectivity index (χ1v) is 7.61. The van der Waals surface area contributed by atoms with E-state index in [1.54, 1.807) is 7.11 Å². The van der Waals surface area contributed by atoms with Crippen LogP contribution in [0.5, 0.6) is 5.75 Å². The number of carbonyl (C=O) groups excluding carboxylic acids is 2. The fourth-order valence-corrected chi connectivity index (χ4v) is 2.33. The van der Waals surface area contributed by atoms with Crippen molar-refractivity contribution in [3.05, 3.63) is 65.7 Å². The summed E-state index contributed by atoms with van der Waals surface area (Å²) in [6, 6.07) is 16.3. The van der Waals surface area contributed by atoms with E-state index in [0.29, 0.717) is 0 Å². The standard InChI is InChI=1S/C18H21N3O3/c1-24-15-9-7-14(8-10-15)17(13-5-3-2-4-6-13)21-16(22)11-12-20-18(19)23/h2-10,17H,11-12H2,1H3,(H,21,22)(H3,19,20,23). The van der Waals surface area contributed by atoms with Gasteiger partial charge in [0.25, 0.3) is 0 Å². The van der Waals surface area contributed by atoms with Gasteiger partial charge in [0.2, 0.25) is 5.91 Å². The Hall–Kier alpha value is -3.02. The summed E-state index contributed by atoms with van der Waals surface area (Å²) >= 11 is 0. The summed E-state index contributed by atoms with van der Waals surface area (Å²) in [6.07, 6.45) is 0.155. The number of rotatable bonds is 7. The highest BCUT2D eigenvalue weighted by molar-refractivity contribution is 5.78. The molecular formula is C18H21N3O3. The number of hydrogen-bond acceptors (Lipinski definition) is 3. The molecule has 0 bridgehead atoms. The highest BCUT2D eigenvalue weighted by Crippen LogP contribution is 2.24. The topological polar surface area (TPSA) is 93.4 Å². The Kier molecular flexibility index (Phi) is 6.19. The average Bonchev–Trinajstić information content (AvgIpc) is 2.60. The van der Waals surface area contributed by atoms with Crippen molar-refractivity contribution in [1.82, 2.24) is 10.6 Å². The summed E-state index contributed by atoms with van der Waals surface area (Å²) in [5.74, 6) is 0.580. The van der Waals surface area contributed by atoms with Gasteiger partial charge in [0.1, 0.15) is 5.75 Å². The van der Waals surface area contributed by atoms with E-state index < -0.39 is 6.03 Å². The summed E-state index contributed by atoms with van der Waals surface area (Å²) in [7, 11) is 1.61. The summed E-state index contributed by atoms with van der Waals surface area (Å²) in [5, 5.41) is 5.39. The molecule has 0 saturated heterocycles. The number of amides is 3. The molecule has 0 saturated carbocycles. The second-order valence-electron chi connectivity index (χ2n) is 5.23. The fourth-order valence-electron chi connectivity index (χ4n) is 2.33. The van der Waals surface area contributed by atoms with Crippen molar-refractivity contribution in [2.75, 3.05) is 13.7 Å². The third kappa shape index (κ3) is 5.01. The lowest BCUT2D eigenvalue weighted by Crippen LogP contribution is -2.35. The van der Waals surface area contributed by atoms with E-state index in [-0.39, 0.29) is 24.9 Å². The number of ether oxygens (including phenoxy) is 1. The number of methoxy groups -OCH3 is 1. The van der Waals surface area contributed by atoms with Gasteiger partial charge in [0, 0.05) is 13.0 Å². The maximum atomic E-state index is 12.2. The van der Waals surface area contributed by atoms with Crippen molar-refractivity contribution in [1.29, 1.82) is 0 Å². The largest absolute Gasteiger partial charge is 0.497 e. The molecule has 1 unspecified atom stereocenters. The second kappa shape index (κ2) is 8.57. The number of benzene rings is 2. The molecular weight excluding hydrogens is 306 g/mol. The zero-order valence-electron chi connectivity index (χ0n) is 13.5. The smallest absolute Gasteiger partial charge is 0.312 e. The lowest BCUT2D eigenvalue weighted by Gasteiger charge is -2.20. The van der Waals surface area contributed by atoms with Gasteiger partial charge in [-0.1, -0.05) is 42.5 Å². The number of nitrogens with two attached hydrogens (primary N) is 1. The molecule has 126 valence electrons. The van der Waals surface area contributed by atoms with Crippen LogP contribution in [-0.4, -0.2) is 25.6 Å². The van der Waals surface area contributed by atoms with Gasteiger partial charge in [-0.3, -0.25) is 4.79 Å². The summed E-state index contributed by atoms with van der Waals surface area (Å²) in [6.45, 7) is 0.200. The average molecular weight is 327 g/mol. The molecule has 6 nitrogen and oxygen atoms in total. The zero-order chi connectivity index (χ0) is 17.4. The fraction of sp³-hybridized carbons (Fsp3) is 0.222. The first-order valence-electron chi connectivity index (χ1n) is 7.61. The van der Waals surface area contributed by atoms with Gasteiger partial charge in [-0.25, -0.2) is 4.79 Å². The minimum absolute atomic E-state index is 0.155. The second-order valence-corrected chi connectivity index (χ2v) is 5.23. The lowest BCUT2D eigenvalue weighted by atomic mass is 9.98. The van der Waals surface area contributed by atoms with Gasteiger partial charge in [0.15, 0.2) is 0 Å². The number of hydrogen-bond donors (Lipinski definition) is 3. The third-order valence-electron chi connectivity index (χ3n) is 3.54. The quantitative estimate of drug-likeness (QED) is 0.725. The van der Waals surface area contributed by atoms with Crippen molar-refractivity contribution in [2.24, 2.45) is 5.73 Å². The van der Waals surface area contributed by atoms with E-state index in [0.717, 1.165) is 16.9 Å². The molecule has 2 aromatic carbocycles. The van der Waals surface area contributed by atoms with Crippen molar-refractivity contribution >= 4 is 11.9 Å². The van der Waals surface area contributed by atoms with Gasteiger partial charge in [-0.15, -0.1) is 0 Å². The SMILES string of the molecule is COc1ccc(C(NC(=O)CCNC(N)=O)c2ccccc2)cc1. The molecule has 2 rings (SSSR count). The van der Waals surface area contributed by atoms with Gasteiger partial charge < -0.3 is 21.1 Å². The van der Waals surface area contributed by atoms with Crippen molar-refractivity contribution in [3.8, 4) is 5.75 Å². The van der Waals surface area contributed by atoms with E-state index in [9.17, 15) is 9.59 Å². The first kappa shape index (κ1) is 17.3. The van der Waals surface area contributed by atoms with Crippen LogP contribution in [0.3, 0.4) is 0 Å². The number of urea groups is 1. The third-order valence-corrected chi connectivity index (χ3v) is 3.54. The minimum Gasteiger partial charge on any atom is -0.497 e. The summed E-state index contributed by atoms with van der Waals surface area (Å²) in [5.41, 5.74) is 6.91. The van der Waals surface area contributed by atoms with E-state index in [1.165, 1.54) is 0 Å². The molecule has 1 atom stereocenters. The predicted octanol–water partition coefficient (Wildman–Crippen LogP) is 1.96. The van der Waals surface area contributed by atoms with Crippen LogP contribution in [-0.2, 0) is 4.79 Å². The molecule has 0 fully saturated rings. The van der Waals surface area contributed by atoms with Gasteiger partial charge in [-0.2, -0.15) is 0 Å². The molecule has 2 aromatic rings. The van der Waals surface area contributed by atoms with E-state index in [2.05, 4.69) is 10.6 Å².